The fourth-order valence-electron chi connectivity index (χ4n) is 5.27. The van der Waals surface area contributed by atoms with Crippen LogP contribution in [0.15, 0.2) is 85.1 Å². The number of nitrogens with zero attached hydrogens (tertiary/aromatic N) is 2. The fourth-order valence-corrected chi connectivity index (χ4v) is 5.77. The first-order chi connectivity index (χ1) is 24.5. The van der Waals surface area contributed by atoms with Crippen LogP contribution in [0.1, 0.15) is 53.6 Å². The van der Waals surface area contributed by atoms with E-state index in [2.05, 4.69) is 10.1 Å². The van der Waals surface area contributed by atoms with Gasteiger partial charge in [-0.2, -0.15) is 13.2 Å². The first kappa shape index (κ1) is 38.0. The van der Waals surface area contributed by atoms with Crippen LogP contribution in [0.2, 0.25) is 10.0 Å². The molecule has 0 atom stereocenters. The normalized spacial score (nSPS) is 11.8. The molecule has 0 radical (unpaired) electrons. The van der Waals surface area contributed by atoms with Gasteiger partial charge in [-0.1, -0.05) is 65.7 Å². The number of ether oxygens (including phenoxy) is 3. The number of imidazole rings is 1. The second kappa shape index (κ2) is 15.5. The molecule has 1 amide bonds. The zero-order chi connectivity index (χ0) is 37.8. The number of benzene rings is 4. The van der Waals surface area contributed by atoms with E-state index < -0.39 is 29.4 Å². The number of hydrogen-bond donors (Lipinski definition) is 1. The standard InChI is InChI=1S/C39H34Cl2F3N3O5/c1-38(2,3)52-37(49)46-32-16-13-25(19-34(32)50-4)24-9-6-23(7-10-24)8-17-35-45-33(29-15-14-28(40)20-31(29)41)22-47(35)21-27-12-11-26(36(48)51-5)18-30(27)39(42,43)44/h6-20,22H,21H2,1-5H3,(H,46,49). The van der Waals surface area contributed by atoms with Crippen LogP contribution in [0.25, 0.3) is 34.5 Å². The number of halogens is 5. The Morgan fingerprint density at radius 2 is 1.60 bits per heavy atom. The van der Waals surface area contributed by atoms with Crippen LogP contribution < -0.4 is 10.1 Å². The molecule has 0 fully saturated rings. The summed E-state index contributed by atoms with van der Waals surface area (Å²) in [6, 6.07) is 21.1. The molecule has 0 bridgehead atoms. The molecule has 0 saturated heterocycles. The summed E-state index contributed by atoms with van der Waals surface area (Å²) in [7, 11) is 2.61. The summed E-state index contributed by atoms with van der Waals surface area (Å²) < 4.78 is 59.7. The lowest BCUT2D eigenvalue weighted by Gasteiger charge is -2.20. The smallest absolute Gasteiger partial charge is 0.416 e. The number of aromatic nitrogens is 2. The number of hydrogen-bond acceptors (Lipinski definition) is 6. The molecule has 0 aliphatic carbocycles. The molecule has 0 aliphatic heterocycles. The quantitative estimate of drug-likeness (QED) is 0.151. The number of nitrogens with one attached hydrogen (secondary N) is 1. The molecule has 0 unspecified atom stereocenters. The van der Waals surface area contributed by atoms with Crippen molar-refractivity contribution in [3.63, 3.8) is 0 Å². The summed E-state index contributed by atoms with van der Waals surface area (Å²) >= 11 is 12.6. The zero-order valence-corrected chi connectivity index (χ0v) is 30.3. The van der Waals surface area contributed by atoms with Crippen LogP contribution in [0, 0.1) is 0 Å². The molecule has 5 rings (SSSR count). The van der Waals surface area contributed by atoms with Crippen LogP contribution in [0.3, 0.4) is 0 Å². The summed E-state index contributed by atoms with van der Waals surface area (Å²) in [5.41, 5.74) is 2.01. The molecule has 1 N–H and O–H groups in total. The lowest BCUT2D eigenvalue weighted by Crippen LogP contribution is -2.27. The van der Waals surface area contributed by atoms with Gasteiger partial charge in [-0.3, -0.25) is 5.32 Å². The van der Waals surface area contributed by atoms with Crippen LogP contribution >= 0.6 is 23.2 Å². The first-order valence-electron chi connectivity index (χ1n) is 15.8. The van der Waals surface area contributed by atoms with Gasteiger partial charge in [0.1, 0.15) is 17.2 Å². The monoisotopic (exact) mass is 751 g/mol. The fraction of sp³-hybridized carbons (Fsp3) is 0.205. The molecule has 13 heteroatoms. The maximum atomic E-state index is 14.2. The van der Waals surface area contributed by atoms with Crippen molar-refractivity contribution in [1.82, 2.24) is 9.55 Å². The molecular formula is C39H34Cl2F3N3O5. The van der Waals surface area contributed by atoms with Crippen molar-refractivity contribution in [2.75, 3.05) is 19.5 Å². The summed E-state index contributed by atoms with van der Waals surface area (Å²) in [5.74, 6) is -0.0715. The lowest BCUT2D eigenvalue weighted by molar-refractivity contribution is -0.138. The SMILES string of the molecule is COC(=O)c1ccc(Cn2cc(-c3ccc(Cl)cc3Cl)nc2C=Cc2ccc(-c3ccc(NC(=O)OC(C)(C)C)c(OC)c3)cc2)c(C(F)(F)F)c1. The van der Waals surface area contributed by atoms with Crippen molar-refractivity contribution >= 4 is 53.1 Å². The maximum absolute atomic E-state index is 14.2. The van der Waals surface area contributed by atoms with Crippen LogP contribution in [-0.4, -0.2) is 41.4 Å². The molecule has 0 saturated carbocycles. The zero-order valence-electron chi connectivity index (χ0n) is 28.8. The predicted octanol–water partition coefficient (Wildman–Crippen LogP) is 10.9. The lowest BCUT2D eigenvalue weighted by atomic mass is 10.0. The molecule has 52 heavy (non-hydrogen) atoms. The van der Waals surface area contributed by atoms with E-state index in [4.69, 9.17) is 37.7 Å². The molecular weight excluding hydrogens is 718 g/mol. The van der Waals surface area contributed by atoms with Crippen molar-refractivity contribution in [3.8, 4) is 28.1 Å². The Morgan fingerprint density at radius 1 is 0.885 bits per heavy atom. The molecule has 0 spiro atoms. The third-order valence-corrected chi connectivity index (χ3v) is 8.25. The predicted molar refractivity (Wildman–Crippen MR) is 197 cm³/mol. The molecule has 270 valence electrons. The Balaban J connectivity index is 1.45. The van der Waals surface area contributed by atoms with E-state index in [1.165, 1.54) is 19.2 Å². The minimum absolute atomic E-state index is 0.0759. The van der Waals surface area contributed by atoms with E-state index in [9.17, 15) is 22.8 Å². The van der Waals surface area contributed by atoms with Crippen molar-refractivity contribution in [2.45, 2.75) is 39.1 Å². The van der Waals surface area contributed by atoms with Crippen LogP contribution in [0.4, 0.5) is 23.7 Å². The third-order valence-electron chi connectivity index (χ3n) is 7.70. The molecule has 8 nitrogen and oxygen atoms in total. The molecule has 5 aromatic rings. The average Bonchev–Trinajstić information content (AvgIpc) is 3.48. The van der Waals surface area contributed by atoms with E-state index in [-0.39, 0.29) is 17.7 Å². The number of carbonyl (C=O) groups excluding carboxylic acids is 2. The van der Waals surface area contributed by atoms with Gasteiger partial charge < -0.3 is 18.8 Å². The number of rotatable bonds is 9. The topological polar surface area (TPSA) is 91.7 Å². The Bertz CT molecular complexity index is 2140. The van der Waals surface area contributed by atoms with Gasteiger partial charge in [0.15, 0.2) is 0 Å². The maximum Gasteiger partial charge on any atom is 0.416 e. The second-order valence-electron chi connectivity index (χ2n) is 12.6. The molecule has 1 aromatic heterocycles. The highest BCUT2D eigenvalue weighted by molar-refractivity contribution is 6.36. The largest absolute Gasteiger partial charge is 0.495 e. The number of amides is 1. The van der Waals surface area contributed by atoms with Crippen molar-refractivity contribution in [2.24, 2.45) is 0 Å². The van der Waals surface area contributed by atoms with E-state index >= 15 is 0 Å². The van der Waals surface area contributed by atoms with Gasteiger partial charge in [0.05, 0.1) is 41.8 Å². The summed E-state index contributed by atoms with van der Waals surface area (Å²) in [4.78, 5) is 29.0. The Kier molecular flexibility index (Phi) is 11.4. The molecule has 0 aliphatic rings. The van der Waals surface area contributed by atoms with E-state index in [0.29, 0.717) is 38.6 Å². The highest BCUT2D eigenvalue weighted by Crippen LogP contribution is 2.36. The number of methoxy groups -OCH3 is 2. The van der Waals surface area contributed by atoms with Crippen molar-refractivity contribution in [3.05, 3.63) is 123 Å². The number of carbonyl (C=O) groups is 2. The number of alkyl halides is 3. The van der Waals surface area contributed by atoms with E-state index in [0.717, 1.165) is 29.9 Å². The summed E-state index contributed by atoms with van der Waals surface area (Å²) in [6.45, 7) is 5.11. The molecule has 1 heterocycles. The minimum Gasteiger partial charge on any atom is -0.495 e. The van der Waals surface area contributed by atoms with E-state index in [1.807, 2.05) is 30.3 Å². The van der Waals surface area contributed by atoms with Crippen LogP contribution in [-0.2, 0) is 22.2 Å². The Hall–Kier alpha value is -5.26. The highest BCUT2D eigenvalue weighted by atomic mass is 35.5. The van der Waals surface area contributed by atoms with Crippen molar-refractivity contribution < 1.29 is 37.0 Å². The van der Waals surface area contributed by atoms with Gasteiger partial charge in [0.25, 0.3) is 0 Å². The summed E-state index contributed by atoms with van der Waals surface area (Å²) in [6.07, 6.45) is -0.246. The van der Waals surface area contributed by atoms with Gasteiger partial charge in [0.2, 0.25) is 0 Å². The number of esters is 1. The highest BCUT2D eigenvalue weighted by Gasteiger charge is 2.34. The third kappa shape index (κ3) is 9.34. The van der Waals surface area contributed by atoms with Crippen molar-refractivity contribution in [1.29, 1.82) is 0 Å². The summed E-state index contributed by atoms with van der Waals surface area (Å²) in [5, 5.41) is 3.45. The molecule has 4 aromatic carbocycles. The van der Waals surface area contributed by atoms with Gasteiger partial charge >= 0.3 is 18.2 Å². The van der Waals surface area contributed by atoms with Gasteiger partial charge in [0, 0.05) is 23.3 Å². The minimum atomic E-state index is -4.74. The Labute approximate surface area is 308 Å². The second-order valence-corrected chi connectivity index (χ2v) is 13.4. The van der Waals surface area contributed by atoms with Gasteiger partial charge in [-0.25, -0.2) is 14.6 Å². The Morgan fingerprint density at radius 3 is 2.23 bits per heavy atom. The van der Waals surface area contributed by atoms with Gasteiger partial charge in [-0.15, -0.1) is 0 Å². The van der Waals surface area contributed by atoms with Crippen LogP contribution in [0.5, 0.6) is 5.75 Å². The van der Waals surface area contributed by atoms with Gasteiger partial charge in [-0.05, 0) is 91.6 Å². The first-order valence-corrected chi connectivity index (χ1v) is 16.6. The number of anilines is 1. The average molecular weight is 753 g/mol. The van der Waals surface area contributed by atoms with E-state index in [1.54, 1.807) is 74.0 Å².